The second-order valence-corrected chi connectivity index (χ2v) is 7.99. The fourth-order valence-electron chi connectivity index (χ4n) is 3.97. The van der Waals surface area contributed by atoms with Crippen LogP contribution in [-0.4, -0.2) is 21.3 Å². The molecule has 142 valence electrons. The highest BCUT2D eigenvalue weighted by Crippen LogP contribution is 2.19. The summed E-state index contributed by atoms with van der Waals surface area (Å²) in [4.78, 5) is 17.5. The summed E-state index contributed by atoms with van der Waals surface area (Å²) in [5, 5.41) is 3.92. The Morgan fingerprint density at radius 2 is 1.65 bits per heavy atom. The number of nitrogens with one attached hydrogen (secondary N) is 1. The van der Waals surface area contributed by atoms with Crippen LogP contribution >= 0.6 is 11.6 Å². The molecule has 1 aliphatic rings. The molecule has 1 N–H and O–H groups in total. The number of amides is 1. The van der Waals surface area contributed by atoms with E-state index in [4.69, 9.17) is 11.6 Å². The Morgan fingerprint density at radius 3 is 2.27 bits per heavy atom. The molecule has 1 aliphatic carbocycles. The number of aromatic nitrogens is 2. The first-order valence-corrected chi connectivity index (χ1v) is 10.5. The van der Waals surface area contributed by atoms with Crippen molar-refractivity contribution in [1.82, 2.24) is 14.7 Å². The lowest BCUT2D eigenvalue weighted by molar-refractivity contribution is 0.0924. The Morgan fingerprint density at radius 1 is 1.08 bits per heavy atom. The van der Waals surface area contributed by atoms with Crippen molar-refractivity contribution in [3.8, 4) is 0 Å². The third-order valence-electron chi connectivity index (χ3n) is 5.42. The lowest BCUT2D eigenvalue weighted by Gasteiger charge is -2.19. The number of hydrogen-bond acceptors (Lipinski definition) is 2. The summed E-state index contributed by atoms with van der Waals surface area (Å²) in [5.74, 6) is -0.0191. The molecule has 1 fully saturated rings. The van der Waals surface area contributed by atoms with Gasteiger partial charge in [0.05, 0.1) is 5.69 Å². The molecule has 1 amide bonds. The van der Waals surface area contributed by atoms with Gasteiger partial charge in [-0.1, -0.05) is 69.4 Å². The monoisotopic (exact) mass is 375 g/mol. The van der Waals surface area contributed by atoms with Crippen molar-refractivity contribution in [3.05, 3.63) is 34.7 Å². The molecular weight excluding hydrogens is 346 g/mol. The number of hydrogen-bond donors (Lipinski definition) is 1. The van der Waals surface area contributed by atoms with Crippen LogP contribution in [0, 0.1) is 6.92 Å². The van der Waals surface area contributed by atoms with E-state index in [1.54, 1.807) is 12.1 Å². The Balaban J connectivity index is 1.69. The number of aryl methyl sites for hydroxylation is 1. The molecule has 0 spiro atoms. The Labute approximate surface area is 161 Å². The Hall–Kier alpha value is -1.55. The quantitative estimate of drug-likeness (QED) is 0.731. The highest BCUT2D eigenvalue weighted by molar-refractivity contribution is 6.30. The molecule has 0 radical (unpaired) electrons. The summed E-state index contributed by atoms with van der Waals surface area (Å²) in [7, 11) is 0. The van der Waals surface area contributed by atoms with Gasteiger partial charge in [-0.05, 0) is 25.8 Å². The Kier molecular flexibility index (Phi) is 6.95. The van der Waals surface area contributed by atoms with E-state index in [1.165, 1.54) is 57.8 Å². The minimum atomic E-state index is -0.0191. The third-order valence-corrected chi connectivity index (χ3v) is 5.65. The molecule has 0 atom stereocenters. The molecule has 2 heterocycles. The van der Waals surface area contributed by atoms with Gasteiger partial charge in [-0.15, -0.1) is 0 Å². The first-order valence-electron chi connectivity index (χ1n) is 10.1. The molecule has 5 heteroatoms. The second kappa shape index (κ2) is 9.40. The summed E-state index contributed by atoms with van der Waals surface area (Å²) in [6.45, 7) is 1.89. The van der Waals surface area contributed by atoms with E-state index in [9.17, 15) is 4.79 Å². The Bertz CT molecular complexity index is 728. The predicted molar refractivity (Wildman–Crippen MR) is 107 cm³/mol. The molecule has 4 nitrogen and oxygen atoms in total. The van der Waals surface area contributed by atoms with Crippen molar-refractivity contribution in [2.75, 3.05) is 0 Å². The molecule has 2 aromatic heterocycles. The first kappa shape index (κ1) is 19.2. The number of nitrogens with zero attached hydrogens (tertiary/aromatic N) is 2. The molecule has 26 heavy (non-hydrogen) atoms. The standard InChI is InChI=1S/C21H30ClN3O/c1-16-20(25-14-13-17(22)15-19(25)23-16)21(26)24-18-11-9-7-5-3-2-4-6-8-10-12-18/h13-15,18H,2-12H2,1H3,(H,24,26). The van der Waals surface area contributed by atoms with Gasteiger partial charge in [0.2, 0.25) is 0 Å². The summed E-state index contributed by atoms with van der Waals surface area (Å²) in [5.41, 5.74) is 2.10. The maximum Gasteiger partial charge on any atom is 0.270 e. The van der Waals surface area contributed by atoms with Crippen molar-refractivity contribution >= 4 is 23.2 Å². The summed E-state index contributed by atoms with van der Waals surface area (Å²) in [6.07, 6.45) is 15.7. The van der Waals surface area contributed by atoms with Gasteiger partial charge >= 0.3 is 0 Å². The topological polar surface area (TPSA) is 46.4 Å². The number of imidazole rings is 1. The first-order chi connectivity index (χ1) is 12.6. The molecule has 0 unspecified atom stereocenters. The minimum absolute atomic E-state index is 0.0191. The largest absolute Gasteiger partial charge is 0.348 e. The van der Waals surface area contributed by atoms with Crippen molar-refractivity contribution in [1.29, 1.82) is 0 Å². The van der Waals surface area contributed by atoms with Crippen LogP contribution in [0.5, 0.6) is 0 Å². The average Bonchev–Trinajstić information content (AvgIpc) is 2.92. The fourth-order valence-corrected chi connectivity index (χ4v) is 4.13. The maximum absolute atomic E-state index is 13.0. The van der Waals surface area contributed by atoms with Crippen LogP contribution in [0.1, 0.15) is 86.8 Å². The molecule has 0 bridgehead atoms. The van der Waals surface area contributed by atoms with Crippen LogP contribution in [0.25, 0.3) is 5.65 Å². The lowest BCUT2D eigenvalue weighted by Crippen LogP contribution is -2.36. The molecular formula is C21H30ClN3O. The summed E-state index contributed by atoms with van der Waals surface area (Å²) >= 11 is 6.05. The van der Waals surface area contributed by atoms with Crippen LogP contribution in [0.3, 0.4) is 0 Å². The van der Waals surface area contributed by atoms with Crippen molar-refractivity contribution in [2.45, 2.75) is 83.6 Å². The molecule has 0 saturated heterocycles. The predicted octanol–water partition coefficient (Wildman–Crippen LogP) is 5.70. The number of rotatable bonds is 2. The van der Waals surface area contributed by atoms with Crippen LogP contribution in [0.15, 0.2) is 18.3 Å². The van der Waals surface area contributed by atoms with E-state index in [0.717, 1.165) is 24.2 Å². The van der Waals surface area contributed by atoms with E-state index in [0.29, 0.717) is 10.7 Å². The summed E-state index contributed by atoms with van der Waals surface area (Å²) < 4.78 is 1.84. The molecule has 0 aliphatic heterocycles. The van der Waals surface area contributed by atoms with Gasteiger partial charge in [-0.25, -0.2) is 4.98 Å². The fraction of sp³-hybridized carbons (Fsp3) is 0.619. The highest BCUT2D eigenvalue weighted by Gasteiger charge is 2.20. The van der Waals surface area contributed by atoms with Gasteiger partial charge in [0.1, 0.15) is 11.3 Å². The second-order valence-electron chi connectivity index (χ2n) is 7.55. The minimum Gasteiger partial charge on any atom is -0.348 e. The van der Waals surface area contributed by atoms with E-state index < -0.39 is 0 Å². The van der Waals surface area contributed by atoms with Crippen LogP contribution in [0.2, 0.25) is 5.02 Å². The van der Waals surface area contributed by atoms with Crippen molar-refractivity contribution < 1.29 is 4.79 Å². The van der Waals surface area contributed by atoms with Gasteiger partial charge in [0.25, 0.3) is 5.91 Å². The number of fused-ring (bicyclic) bond motifs is 1. The van der Waals surface area contributed by atoms with Crippen molar-refractivity contribution in [3.63, 3.8) is 0 Å². The van der Waals surface area contributed by atoms with Crippen molar-refractivity contribution in [2.24, 2.45) is 0 Å². The zero-order valence-electron chi connectivity index (χ0n) is 15.8. The highest BCUT2D eigenvalue weighted by atomic mass is 35.5. The van der Waals surface area contributed by atoms with Crippen LogP contribution in [-0.2, 0) is 0 Å². The molecule has 1 saturated carbocycles. The normalized spacial score (nSPS) is 18.2. The number of carbonyl (C=O) groups excluding carboxylic acids is 1. The van der Waals surface area contributed by atoms with Crippen LogP contribution < -0.4 is 5.32 Å². The third kappa shape index (κ3) is 5.00. The molecule has 2 aromatic rings. The van der Waals surface area contributed by atoms with Gasteiger partial charge < -0.3 is 5.32 Å². The number of carbonyl (C=O) groups is 1. The smallest absolute Gasteiger partial charge is 0.270 e. The van der Waals surface area contributed by atoms with Gasteiger partial charge in [0.15, 0.2) is 0 Å². The average molecular weight is 376 g/mol. The van der Waals surface area contributed by atoms with Gasteiger partial charge in [-0.3, -0.25) is 9.20 Å². The van der Waals surface area contributed by atoms with E-state index in [-0.39, 0.29) is 11.9 Å². The SMILES string of the molecule is Cc1nc2cc(Cl)ccn2c1C(=O)NC1CCCCCCCCCCC1. The van der Waals surface area contributed by atoms with Crippen LogP contribution in [0.4, 0.5) is 0 Å². The zero-order chi connectivity index (χ0) is 18.4. The molecule has 0 aromatic carbocycles. The maximum atomic E-state index is 13.0. The van der Waals surface area contributed by atoms with Gasteiger partial charge in [0, 0.05) is 23.3 Å². The molecule has 3 rings (SSSR count). The van der Waals surface area contributed by atoms with E-state index in [1.807, 2.05) is 17.5 Å². The van der Waals surface area contributed by atoms with Gasteiger partial charge in [-0.2, -0.15) is 0 Å². The van der Waals surface area contributed by atoms with E-state index >= 15 is 0 Å². The van der Waals surface area contributed by atoms with E-state index in [2.05, 4.69) is 10.3 Å². The summed E-state index contributed by atoms with van der Waals surface area (Å²) in [6, 6.07) is 3.85. The number of pyridine rings is 1. The number of halogens is 1. The lowest BCUT2D eigenvalue weighted by atomic mass is 9.98. The zero-order valence-corrected chi connectivity index (χ0v) is 16.5.